The Labute approximate surface area is 396 Å². The Balaban J connectivity index is 2.31. The first-order chi connectivity index (χ1) is 31.5. The van der Waals surface area contributed by atoms with Crippen molar-refractivity contribution < 1.29 is 58.3 Å². The topological polar surface area (TPSA) is 192 Å². The third kappa shape index (κ3) is 34.7. The van der Waals surface area contributed by atoms with Crippen molar-refractivity contribution in [2.45, 2.75) is 281 Å². The van der Waals surface area contributed by atoms with Gasteiger partial charge in [0.05, 0.1) is 13.2 Å². The number of unbranched alkanes of at least 4 members (excludes halogenated alkanes) is 30. The Bertz CT molecular complexity index is 1170. The molecule has 1 aliphatic carbocycles. The van der Waals surface area contributed by atoms with Crippen LogP contribution < -0.4 is 0 Å². The molecule has 6 atom stereocenters. The third-order valence-electron chi connectivity index (χ3n) is 12.5. The fraction of sp³-hybridized carbons (Fsp3) is 0.904. The second kappa shape index (κ2) is 42.9. The van der Waals surface area contributed by atoms with E-state index in [2.05, 4.69) is 38.2 Å². The first-order valence-corrected chi connectivity index (χ1v) is 28.2. The van der Waals surface area contributed by atoms with Crippen LogP contribution in [-0.4, -0.2) is 98.9 Å². The molecule has 0 saturated heterocycles. The summed E-state index contributed by atoms with van der Waals surface area (Å²) in [4.78, 5) is 23.2. The van der Waals surface area contributed by atoms with Gasteiger partial charge in [-0.15, -0.1) is 0 Å². The van der Waals surface area contributed by atoms with Gasteiger partial charge in [0.1, 0.15) is 42.7 Å². The van der Waals surface area contributed by atoms with Crippen molar-refractivity contribution in [2.75, 3.05) is 19.8 Å². The van der Waals surface area contributed by atoms with Gasteiger partial charge in [-0.1, -0.05) is 192 Å². The molecule has 1 saturated carbocycles. The predicted molar refractivity (Wildman–Crippen MR) is 263 cm³/mol. The summed E-state index contributed by atoms with van der Waals surface area (Å²) < 4.78 is 34.3. The van der Waals surface area contributed by atoms with Gasteiger partial charge in [-0.25, -0.2) is 4.57 Å². The van der Waals surface area contributed by atoms with Crippen molar-refractivity contribution in [3.8, 4) is 0 Å². The van der Waals surface area contributed by atoms with Crippen LogP contribution in [0.5, 0.6) is 0 Å². The summed E-state index contributed by atoms with van der Waals surface area (Å²) in [6, 6.07) is 0. The second-order valence-corrected chi connectivity index (χ2v) is 20.1. The number of carbonyl (C=O) groups excluding carboxylic acids is 1. The molecule has 0 aromatic rings. The molecular weight excluding hydrogens is 848 g/mol. The zero-order valence-corrected chi connectivity index (χ0v) is 42.2. The van der Waals surface area contributed by atoms with E-state index in [0.717, 1.165) is 57.8 Å². The van der Waals surface area contributed by atoms with Gasteiger partial charge < -0.3 is 39.9 Å². The summed E-state index contributed by atoms with van der Waals surface area (Å²) in [6.45, 7) is 4.28. The molecule has 0 radical (unpaired) electrons. The minimum absolute atomic E-state index is 0.0778. The number of phosphoric ester groups is 1. The number of hydrogen-bond donors (Lipinski definition) is 6. The average molecular weight is 947 g/mol. The molecule has 0 spiro atoms. The lowest BCUT2D eigenvalue weighted by Crippen LogP contribution is -2.64. The minimum atomic E-state index is -5.02. The van der Waals surface area contributed by atoms with Gasteiger partial charge in [-0.05, 0) is 64.2 Å². The van der Waals surface area contributed by atoms with E-state index < -0.39 is 63.1 Å². The molecule has 0 aromatic heterocycles. The normalized spacial score (nSPS) is 21.7. The Kier molecular flexibility index (Phi) is 40.8. The van der Waals surface area contributed by atoms with Crippen molar-refractivity contribution in [1.29, 1.82) is 0 Å². The molecular formula is C52H99O12P. The molecule has 1 fully saturated rings. The van der Waals surface area contributed by atoms with Crippen LogP contribution in [-0.2, 0) is 27.9 Å². The molecule has 6 N–H and O–H groups in total. The maximum atomic E-state index is 12.9. The highest BCUT2D eigenvalue weighted by atomic mass is 31.2. The summed E-state index contributed by atoms with van der Waals surface area (Å²) >= 11 is 0. The number of rotatable bonds is 46. The van der Waals surface area contributed by atoms with E-state index >= 15 is 0 Å². The fourth-order valence-corrected chi connectivity index (χ4v) is 9.26. The number of esters is 1. The van der Waals surface area contributed by atoms with Gasteiger partial charge in [0, 0.05) is 13.0 Å². The van der Waals surface area contributed by atoms with Gasteiger partial charge in [0.15, 0.2) is 0 Å². The molecule has 65 heavy (non-hydrogen) atoms. The summed E-state index contributed by atoms with van der Waals surface area (Å²) in [5.74, 6) is -0.483. The summed E-state index contributed by atoms with van der Waals surface area (Å²) in [5.41, 5.74) is 0. The predicted octanol–water partition coefficient (Wildman–Crippen LogP) is 12.0. The van der Waals surface area contributed by atoms with E-state index in [0.29, 0.717) is 13.0 Å². The zero-order valence-electron chi connectivity index (χ0n) is 41.3. The van der Waals surface area contributed by atoms with E-state index in [1.54, 1.807) is 0 Å². The molecule has 384 valence electrons. The van der Waals surface area contributed by atoms with E-state index in [9.17, 15) is 39.8 Å². The second-order valence-electron chi connectivity index (χ2n) is 18.7. The molecule has 0 aromatic carbocycles. The molecule has 0 bridgehead atoms. The van der Waals surface area contributed by atoms with Crippen molar-refractivity contribution in [1.82, 2.24) is 0 Å². The monoisotopic (exact) mass is 947 g/mol. The van der Waals surface area contributed by atoms with Crippen LogP contribution in [0.2, 0.25) is 0 Å². The number of ether oxygens (including phenoxy) is 2. The number of carbonyl (C=O) groups is 1. The lowest BCUT2D eigenvalue weighted by Gasteiger charge is -2.41. The maximum Gasteiger partial charge on any atom is 0.472 e. The van der Waals surface area contributed by atoms with Crippen LogP contribution in [0.15, 0.2) is 24.3 Å². The Morgan fingerprint density at radius 1 is 0.477 bits per heavy atom. The number of allylic oxidation sites excluding steroid dienone is 4. The molecule has 0 heterocycles. The van der Waals surface area contributed by atoms with Crippen LogP contribution in [0.1, 0.15) is 239 Å². The van der Waals surface area contributed by atoms with Crippen molar-refractivity contribution in [2.24, 2.45) is 0 Å². The first-order valence-electron chi connectivity index (χ1n) is 26.7. The Morgan fingerprint density at radius 3 is 1.22 bits per heavy atom. The molecule has 1 aliphatic rings. The lowest BCUT2D eigenvalue weighted by molar-refractivity contribution is -0.220. The van der Waals surface area contributed by atoms with Crippen LogP contribution in [0.4, 0.5) is 0 Å². The van der Waals surface area contributed by atoms with Gasteiger partial charge in [0.25, 0.3) is 0 Å². The molecule has 1 rings (SSSR count). The largest absolute Gasteiger partial charge is 0.472 e. The van der Waals surface area contributed by atoms with E-state index in [1.165, 1.54) is 154 Å². The van der Waals surface area contributed by atoms with Gasteiger partial charge in [0.2, 0.25) is 0 Å². The van der Waals surface area contributed by atoms with E-state index in [1.807, 2.05) is 0 Å². The Morgan fingerprint density at radius 2 is 0.815 bits per heavy atom. The van der Waals surface area contributed by atoms with Crippen molar-refractivity contribution >= 4 is 13.8 Å². The van der Waals surface area contributed by atoms with Gasteiger partial charge >= 0.3 is 13.8 Å². The smallest absolute Gasteiger partial charge is 0.457 e. The standard InChI is InChI=1S/C52H99O12P/c1-3-5-7-9-11-13-15-17-19-21-22-23-24-25-26-28-30-32-34-36-38-40-42-61-43-45(44-62-65(59,60)64-52-50(57)48(55)47(54)49(56)51(52)58)63-46(53)41-39-37-35-33-31-29-27-20-18-16-14-12-10-8-6-4-2/h20-22,27,45,47-52,54-58H,3-19,23-26,28-44H2,1-2H3,(H,59,60)/b22-21-,27-20-. The number of aliphatic hydroxyl groups excluding tert-OH is 5. The quantitative estimate of drug-likeness (QED) is 0.0147. The zero-order chi connectivity index (χ0) is 47.6. The van der Waals surface area contributed by atoms with Crippen LogP contribution in [0.3, 0.4) is 0 Å². The summed E-state index contributed by atoms with van der Waals surface area (Å²) in [7, 11) is -5.02. The SMILES string of the molecule is CCCCCCCCC/C=C\CCCCCCCC(=O)OC(COCCCCCCCCCCCC/C=C\CCCCCCCCCC)COP(=O)(O)OC1C(O)C(O)C(O)C(O)C1O. The molecule has 0 amide bonds. The number of aliphatic hydroxyl groups is 5. The Hall–Kier alpha value is -1.18. The minimum Gasteiger partial charge on any atom is -0.457 e. The van der Waals surface area contributed by atoms with Crippen LogP contribution in [0.25, 0.3) is 0 Å². The van der Waals surface area contributed by atoms with Crippen molar-refractivity contribution in [3.63, 3.8) is 0 Å². The van der Waals surface area contributed by atoms with Crippen LogP contribution >= 0.6 is 7.82 Å². The number of hydrogen-bond acceptors (Lipinski definition) is 11. The summed E-state index contributed by atoms with van der Waals surface area (Å²) in [6.07, 6.45) is 38.2. The average Bonchev–Trinajstić information content (AvgIpc) is 3.29. The first kappa shape index (κ1) is 61.8. The maximum absolute atomic E-state index is 12.9. The highest BCUT2D eigenvalue weighted by Crippen LogP contribution is 2.47. The molecule has 6 unspecified atom stereocenters. The van der Waals surface area contributed by atoms with Gasteiger partial charge in [-0.3, -0.25) is 13.8 Å². The molecule has 12 nitrogen and oxygen atoms in total. The van der Waals surface area contributed by atoms with Crippen molar-refractivity contribution in [3.05, 3.63) is 24.3 Å². The molecule has 0 aliphatic heterocycles. The fourth-order valence-electron chi connectivity index (χ4n) is 8.29. The van der Waals surface area contributed by atoms with Crippen LogP contribution in [0, 0.1) is 0 Å². The lowest BCUT2D eigenvalue weighted by atomic mass is 9.85. The highest BCUT2D eigenvalue weighted by Gasteiger charge is 2.51. The number of phosphoric acid groups is 1. The molecule has 13 heteroatoms. The van der Waals surface area contributed by atoms with Gasteiger partial charge in [-0.2, -0.15) is 0 Å². The third-order valence-corrected chi connectivity index (χ3v) is 13.5. The summed E-state index contributed by atoms with van der Waals surface area (Å²) in [5, 5.41) is 50.3. The van der Waals surface area contributed by atoms with E-state index in [-0.39, 0.29) is 13.0 Å². The van der Waals surface area contributed by atoms with E-state index in [4.69, 9.17) is 18.5 Å². The highest BCUT2D eigenvalue weighted by molar-refractivity contribution is 7.47.